The first kappa shape index (κ1) is 32.9. The third kappa shape index (κ3) is 5.62. The van der Waals surface area contributed by atoms with Crippen molar-refractivity contribution in [3.8, 4) is 51.7 Å². The summed E-state index contributed by atoms with van der Waals surface area (Å²) in [5.41, 5.74) is 3.27. The van der Waals surface area contributed by atoms with Gasteiger partial charge in [-0.3, -0.25) is 0 Å². The molecule has 11 nitrogen and oxygen atoms in total. The van der Waals surface area contributed by atoms with Gasteiger partial charge in [-0.1, -0.05) is 18.2 Å². The number of benzene rings is 4. The van der Waals surface area contributed by atoms with E-state index >= 15 is 0 Å². The smallest absolute Gasteiger partial charge is 0.161 e. The van der Waals surface area contributed by atoms with Crippen molar-refractivity contribution in [2.24, 2.45) is 0 Å². The summed E-state index contributed by atoms with van der Waals surface area (Å²) < 4.78 is 52.6. The lowest BCUT2D eigenvalue weighted by Crippen LogP contribution is -2.37. The first-order valence-electron chi connectivity index (χ1n) is 15.4. The third-order valence-corrected chi connectivity index (χ3v) is 9.04. The van der Waals surface area contributed by atoms with Gasteiger partial charge in [0.25, 0.3) is 0 Å². The lowest BCUT2D eigenvalue weighted by molar-refractivity contribution is 0.00185. The first-order chi connectivity index (χ1) is 23.3. The molecule has 0 fully saturated rings. The number of fused-ring (bicyclic) bond motifs is 2. The van der Waals surface area contributed by atoms with Gasteiger partial charge < -0.3 is 52.8 Å². The van der Waals surface area contributed by atoms with E-state index in [0.717, 1.165) is 0 Å². The van der Waals surface area contributed by atoms with Crippen molar-refractivity contribution >= 4 is 0 Å². The van der Waals surface area contributed by atoms with Crippen LogP contribution in [0.1, 0.15) is 45.9 Å². The highest BCUT2D eigenvalue weighted by Crippen LogP contribution is 2.56. The van der Waals surface area contributed by atoms with E-state index in [1.54, 1.807) is 86.2 Å². The van der Waals surface area contributed by atoms with Crippen LogP contribution in [0.2, 0.25) is 0 Å². The van der Waals surface area contributed by atoms with Crippen LogP contribution in [-0.4, -0.2) is 72.2 Å². The highest BCUT2D eigenvalue weighted by molar-refractivity contribution is 5.64. The van der Waals surface area contributed by atoms with Crippen LogP contribution in [0.4, 0.5) is 0 Å². The average molecular weight is 661 g/mol. The van der Waals surface area contributed by atoms with Crippen molar-refractivity contribution in [3.05, 3.63) is 88.5 Å². The number of ether oxygens (including phenoxy) is 9. The lowest BCUT2D eigenvalue weighted by atomic mass is 9.77. The van der Waals surface area contributed by atoms with Gasteiger partial charge in [0, 0.05) is 41.2 Å². The summed E-state index contributed by atoms with van der Waals surface area (Å²) in [7, 11) is 10.9. The molecule has 0 saturated carbocycles. The summed E-state index contributed by atoms with van der Waals surface area (Å²) in [4.78, 5) is 0. The zero-order valence-corrected chi connectivity index (χ0v) is 27.9. The molecule has 6 rings (SSSR count). The topological polar surface area (TPSA) is 124 Å². The Morgan fingerprint density at radius 2 is 1.15 bits per heavy atom. The van der Waals surface area contributed by atoms with E-state index in [0.29, 0.717) is 79.6 Å². The van der Waals surface area contributed by atoms with E-state index < -0.39 is 30.3 Å². The summed E-state index contributed by atoms with van der Waals surface area (Å²) in [6.07, 6.45) is -3.48. The second kappa shape index (κ2) is 13.6. The van der Waals surface area contributed by atoms with Crippen molar-refractivity contribution in [1.82, 2.24) is 0 Å². The number of methoxy groups -OCH3 is 7. The van der Waals surface area contributed by atoms with E-state index in [-0.39, 0.29) is 6.42 Å². The Hall–Kier alpha value is -5.00. The van der Waals surface area contributed by atoms with E-state index in [2.05, 4.69) is 0 Å². The minimum atomic E-state index is -1.13. The maximum Gasteiger partial charge on any atom is 0.161 e. The van der Waals surface area contributed by atoms with Crippen molar-refractivity contribution in [2.75, 3.05) is 49.8 Å². The molecule has 2 heterocycles. The van der Waals surface area contributed by atoms with Gasteiger partial charge >= 0.3 is 0 Å². The minimum absolute atomic E-state index is 0.211. The molecule has 0 aromatic heterocycles. The Morgan fingerprint density at radius 3 is 1.71 bits per heavy atom. The van der Waals surface area contributed by atoms with Gasteiger partial charge in [0.15, 0.2) is 29.1 Å². The third-order valence-electron chi connectivity index (χ3n) is 9.04. The molecule has 5 atom stereocenters. The van der Waals surface area contributed by atoms with Gasteiger partial charge in [0.05, 0.1) is 55.9 Å². The van der Waals surface area contributed by atoms with Gasteiger partial charge in [0.1, 0.15) is 41.0 Å². The average Bonchev–Trinajstić information content (AvgIpc) is 3.13. The fourth-order valence-electron chi connectivity index (χ4n) is 6.67. The number of hydrogen-bond acceptors (Lipinski definition) is 11. The SMILES string of the molecule is COc1ccc2c(c1)O[C@H](c1ccc(OC)c(OC)c1)[C@H](O)[C@H]2c1c(OC)cc(OC)c2c1O[C@H](c1ccc(OC)c(OC)c1)[C@@H](O)C2. The summed E-state index contributed by atoms with van der Waals surface area (Å²) in [5, 5.41) is 23.8. The van der Waals surface area contributed by atoms with Crippen molar-refractivity contribution in [2.45, 2.75) is 36.8 Å². The second-order valence-electron chi connectivity index (χ2n) is 11.5. The van der Waals surface area contributed by atoms with Crippen LogP contribution in [-0.2, 0) is 6.42 Å². The molecule has 48 heavy (non-hydrogen) atoms. The van der Waals surface area contributed by atoms with E-state index in [1.165, 1.54) is 0 Å². The van der Waals surface area contributed by atoms with Crippen LogP contribution in [0.25, 0.3) is 0 Å². The van der Waals surface area contributed by atoms with Crippen LogP contribution in [0, 0.1) is 0 Å². The lowest BCUT2D eigenvalue weighted by Gasteiger charge is -2.40. The minimum Gasteiger partial charge on any atom is -0.497 e. The Bertz CT molecular complexity index is 1790. The van der Waals surface area contributed by atoms with Crippen molar-refractivity contribution in [1.29, 1.82) is 0 Å². The molecule has 0 unspecified atom stereocenters. The van der Waals surface area contributed by atoms with Gasteiger partial charge in [-0.05, 0) is 41.5 Å². The van der Waals surface area contributed by atoms with Crippen LogP contribution < -0.4 is 42.6 Å². The standard InChI is InChI=1S/C37H40O11/c1-40-21-10-11-22-28(16-21)47-36(20-9-13-26(42-3)30(15-20)45-6)34(39)32(22)33-31(46-7)18-27(43-4)23-17-24(38)35(48-37(23)33)19-8-12-25(41-2)29(14-19)44-5/h8-16,18,24,32,34-36,38-39H,17H2,1-7H3/t24-,32+,34+,35+,36+/m0/s1. The predicted octanol–water partition coefficient (Wildman–Crippen LogP) is 5.41. The maximum absolute atomic E-state index is 12.4. The van der Waals surface area contributed by atoms with Crippen LogP contribution in [0.15, 0.2) is 60.7 Å². The highest BCUT2D eigenvalue weighted by Gasteiger charge is 2.45. The predicted molar refractivity (Wildman–Crippen MR) is 176 cm³/mol. The Kier molecular flexibility index (Phi) is 9.34. The molecular weight excluding hydrogens is 620 g/mol. The number of hydrogen-bond donors (Lipinski definition) is 2. The van der Waals surface area contributed by atoms with Crippen LogP contribution in [0.3, 0.4) is 0 Å². The Labute approximate surface area is 279 Å². The molecule has 0 aliphatic carbocycles. The molecule has 0 spiro atoms. The number of aliphatic hydroxyl groups is 2. The van der Waals surface area contributed by atoms with Gasteiger partial charge in [-0.2, -0.15) is 0 Å². The molecule has 2 aliphatic heterocycles. The van der Waals surface area contributed by atoms with Gasteiger partial charge in [-0.25, -0.2) is 0 Å². The summed E-state index contributed by atoms with van der Waals surface area (Å²) in [5.74, 6) is 3.85. The molecule has 0 saturated heterocycles. The molecule has 0 bridgehead atoms. The molecular formula is C37H40O11. The van der Waals surface area contributed by atoms with E-state index in [4.69, 9.17) is 42.6 Å². The monoisotopic (exact) mass is 660 g/mol. The molecule has 0 radical (unpaired) electrons. The number of rotatable bonds is 10. The largest absolute Gasteiger partial charge is 0.497 e. The molecule has 0 amide bonds. The summed E-state index contributed by atoms with van der Waals surface area (Å²) >= 11 is 0. The zero-order valence-electron chi connectivity index (χ0n) is 27.9. The fourth-order valence-corrected chi connectivity index (χ4v) is 6.67. The zero-order chi connectivity index (χ0) is 34.1. The van der Waals surface area contributed by atoms with Crippen LogP contribution >= 0.6 is 0 Å². The fraction of sp³-hybridized carbons (Fsp3) is 0.351. The summed E-state index contributed by atoms with van der Waals surface area (Å²) in [6.45, 7) is 0. The highest BCUT2D eigenvalue weighted by atomic mass is 16.5. The van der Waals surface area contributed by atoms with Gasteiger partial charge in [-0.15, -0.1) is 0 Å². The Morgan fingerprint density at radius 1 is 0.562 bits per heavy atom. The molecule has 11 heteroatoms. The van der Waals surface area contributed by atoms with Crippen molar-refractivity contribution < 1.29 is 52.8 Å². The maximum atomic E-state index is 12.4. The van der Waals surface area contributed by atoms with E-state index in [1.807, 2.05) is 24.3 Å². The molecule has 4 aromatic carbocycles. The molecule has 2 aliphatic rings. The van der Waals surface area contributed by atoms with Gasteiger partial charge in [0.2, 0.25) is 0 Å². The van der Waals surface area contributed by atoms with Crippen molar-refractivity contribution in [3.63, 3.8) is 0 Å². The first-order valence-corrected chi connectivity index (χ1v) is 15.4. The van der Waals surface area contributed by atoms with Crippen LogP contribution in [0.5, 0.6) is 51.7 Å². The number of aliphatic hydroxyl groups excluding tert-OH is 2. The van der Waals surface area contributed by atoms with E-state index in [9.17, 15) is 10.2 Å². The molecule has 254 valence electrons. The molecule has 2 N–H and O–H groups in total. The second-order valence-corrected chi connectivity index (χ2v) is 11.5. The Balaban J connectivity index is 1.55. The quantitative estimate of drug-likeness (QED) is 0.227. The summed E-state index contributed by atoms with van der Waals surface area (Å²) in [6, 6.07) is 18.0. The normalized spacial score (nSPS) is 21.1. The molecule has 4 aromatic rings.